The predicted molar refractivity (Wildman–Crippen MR) is 138 cm³/mol. The van der Waals surface area contributed by atoms with Crippen LogP contribution in [0, 0.1) is 6.92 Å². The molecular weight excluding hydrogens is 545 g/mol. The topological polar surface area (TPSA) is 101 Å². The minimum Gasteiger partial charge on any atom is -0.755 e. The number of alkyl halides is 3. The second-order valence-corrected chi connectivity index (χ2v) is 10.9. The molecule has 2 heterocycles. The first-order valence-electron chi connectivity index (χ1n) is 11.9. The molecule has 1 aliphatic rings. The Balaban J connectivity index is 1.19. The molecule has 3 aromatic rings. The van der Waals surface area contributed by atoms with Crippen LogP contribution in [0.4, 0.5) is 18.9 Å². The molecule has 0 amide bonds. The average Bonchev–Trinajstić information content (AvgIpc) is 3.23. The van der Waals surface area contributed by atoms with Crippen molar-refractivity contribution in [1.29, 1.82) is 0 Å². The molecule has 1 aromatic heterocycles. The van der Waals surface area contributed by atoms with Gasteiger partial charge in [0, 0.05) is 68.8 Å². The highest BCUT2D eigenvalue weighted by Crippen LogP contribution is 2.27. The Kier molecular flexibility index (Phi) is 9.44. The van der Waals surface area contributed by atoms with E-state index in [2.05, 4.69) is 19.5 Å². The van der Waals surface area contributed by atoms with Gasteiger partial charge in [-0.15, -0.1) is 24.5 Å². The summed E-state index contributed by atoms with van der Waals surface area (Å²) in [4.78, 5) is 8.68. The lowest BCUT2D eigenvalue weighted by Gasteiger charge is -2.37. The molecule has 0 radical (unpaired) electrons. The van der Waals surface area contributed by atoms with Crippen LogP contribution >= 0.6 is 11.3 Å². The van der Waals surface area contributed by atoms with Crippen LogP contribution in [-0.2, 0) is 11.3 Å². The maximum absolute atomic E-state index is 12.3. The molecule has 9 nitrogen and oxygen atoms in total. The van der Waals surface area contributed by atoms with Gasteiger partial charge < -0.3 is 23.4 Å². The molecule has 14 heteroatoms. The number of piperazine rings is 1. The van der Waals surface area contributed by atoms with Gasteiger partial charge in [0.05, 0.1) is 15.2 Å². The lowest BCUT2D eigenvalue weighted by atomic mass is 10.2. The summed E-state index contributed by atoms with van der Waals surface area (Å²) in [5.41, 5.74) is 1.13. The first-order valence-corrected chi connectivity index (χ1v) is 13.8. The van der Waals surface area contributed by atoms with Gasteiger partial charge in [0.25, 0.3) is 0 Å². The first kappa shape index (κ1) is 28.5. The zero-order chi connectivity index (χ0) is 27.3. The Morgan fingerprint density at radius 3 is 2.45 bits per heavy atom. The molecule has 0 bridgehead atoms. The van der Waals surface area contributed by atoms with E-state index in [9.17, 15) is 27.0 Å². The van der Waals surface area contributed by atoms with Crippen LogP contribution in [0.2, 0.25) is 0 Å². The van der Waals surface area contributed by atoms with E-state index in [-0.39, 0.29) is 18.8 Å². The van der Waals surface area contributed by atoms with Gasteiger partial charge in [-0.2, -0.15) is 0 Å². The van der Waals surface area contributed by atoms with Crippen LogP contribution in [0.25, 0.3) is 10.2 Å². The number of hydrogen-bond donors (Lipinski definition) is 1. The summed E-state index contributed by atoms with van der Waals surface area (Å²) < 4.78 is 72.3. The van der Waals surface area contributed by atoms with Crippen LogP contribution in [0.15, 0.2) is 42.5 Å². The Morgan fingerprint density at radius 1 is 1.13 bits per heavy atom. The van der Waals surface area contributed by atoms with Crippen molar-refractivity contribution in [1.82, 2.24) is 14.8 Å². The van der Waals surface area contributed by atoms with Gasteiger partial charge in [-0.3, -0.25) is 14.0 Å². The third-order valence-electron chi connectivity index (χ3n) is 6.00. The lowest BCUT2D eigenvalue weighted by Crippen LogP contribution is -2.50. The summed E-state index contributed by atoms with van der Waals surface area (Å²) in [7, 11) is 0. The number of halogens is 3. The molecule has 4 rings (SSSR count). The number of aliphatic hydroxyl groups is 1. The average molecular weight is 574 g/mol. The molecule has 1 aliphatic heterocycles. The van der Waals surface area contributed by atoms with Crippen molar-refractivity contribution < 1.29 is 36.5 Å². The van der Waals surface area contributed by atoms with Crippen LogP contribution in [0.1, 0.15) is 5.01 Å². The Bertz CT molecular complexity index is 1220. The molecule has 2 unspecified atom stereocenters. The van der Waals surface area contributed by atoms with Crippen molar-refractivity contribution in [3.8, 4) is 11.5 Å². The minimum absolute atomic E-state index is 0.148. The van der Waals surface area contributed by atoms with Gasteiger partial charge in [0.15, 0.2) is 0 Å². The third kappa shape index (κ3) is 8.25. The highest BCUT2D eigenvalue weighted by atomic mass is 32.2. The van der Waals surface area contributed by atoms with Gasteiger partial charge in [0.2, 0.25) is 0 Å². The van der Waals surface area contributed by atoms with E-state index in [0.29, 0.717) is 45.0 Å². The van der Waals surface area contributed by atoms with E-state index in [1.165, 1.54) is 12.1 Å². The minimum atomic E-state index is -4.82. The van der Waals surface area contributed by atoms with Crippen LogP contribution in [-0.4, -0.2) is 93.5 Å². The van der Waals surface area contributed by atoms with Crippen molar-refractivity contribution in [2.45, 2.75) is 19.4 Å². The fraction of sp³-hybridized carbons (Fsp3) is 0.458. The molecular formula is C24H28F3N4O5S2-. The van der Waals surface area contributed by atoms with Gasteiger partial charge >= 0.3 is 6.36 Å². The van der Waals surface area contributed by atoms with Crippen LogP contribution in [0.5, 0.6) is 11.5 Å². The van der Waals surface area contributed by atoms with E-state index in [1.807, 2.05) is 25.1 Å². The summed E-state index contributed by atoms with van der Waals surface area (Å²) in [6, 6.07) is 10.4. The molecule has 0 aliphatic carbocycles. The Morgan fingerprint density at radius 2 is 1.79 bits per heavy atom. The smallest absolute Gasteiger partial charge is 0.573 e. The number of nitrogens with zero attached hydrogens (tertiary/aromatic N) is 4. The normalized spacial score (nSPS) is 16.9. The van der Waals surface area contributed by atoms with Gasteiger partial charge in [0.1, 0.15) is 24.2 Å². The number of aryl methyl sites for hydroxylation is 1. The number of hydrogen-bond acceptors (Lipinski definition) is 9. The number of aromatic nitrogens is 1. The molecule has 1 N–H and O–H groups in total. The summed E-state index contributed by atoms with van der Waals surface area (Å²) >= 11 is -0.974. The predicted octanol–water partition coefficient (Wildman–Crippen LogP) is 3.16. The van der Waals surface area contributed by atoms with Gasteiger partial charge in [-0.05, 0) is 43.3 Å². The molecule has 2 aromatic carbocycles. The number of thiazole rings is 1. The van der Waals surface area contributed by atoms with E-state index in [1.54, 1.807) is 11.3 Å². The third-order valence-corrected chi connectivity index (χ3v) is 7.70. The highest BCUT2D eigenvalue weighted by molar-refractivity contribution is 7.80. The number of rotatable bonds is 11. The number of β-amino-alcohol motifs (C(OH)–C–C–N with tert-alkyl or cyclic N) is 1. The molecule has 1 saturated heterocycles. The van der Waals surface area contributed by atoms with Crippen molar-refractivity contribution >= 4 is 38.5 Å². The lowest BCUT2D eigenvalue weighted by molar-refractivity contribution is -0.274. The van der Waals surface area contributed by atoms with Crippen LogP contribution in [0.3, 0.4) is 0 Å². The number of benzene rings is 2. The summed E-state index contributed by atoms with van der Waals surface area (Å²) in [6.07, 6.45) is -5.49. The highest BCUT2D eigenvalue weighted by Gasteiger charge is 2.31. The number of anilines is 1. The fourth-order valence-corrected chi connectivity index (χ4v) is 5.52. The molecule has 1 fully saturated rings. The van der Waals surface area contributed by atoms with Crippen LogP contribution < -0.4 is 13.8 Å². The van der Waals surface area contributed by atoms with Crippen molar-refractivity contribution in [3.05, 3.63) is 47.5 Å². The molecule has 0 saturated carbocycles. The molecule has 38 heavy (non-hydrogen) atoms. The van der Waals surface area contributed by atoms with Gasteiger partial charge in [-0.1, -0.05) is 0 Å². The second-order valence-electron chi connectivity index (χ2n) is 8.83. The number of fused-ring (bicyclic) bond motifs is 1. The summed E-state index contributed by atoms with van der Waals surface area (Å²) in [5.74, 6) is 0.242. The molecule has 208 valence electrons. The number of aliphatic hydroxyl groups excluding tert-OH is 1. The van der Waals surface area contributed by atoms with E-state index < -0.39 is 29.5 Å². The summed E-state index contributed by atoms with van der Waals surface area (Å²) in [6.45, 7) is 5.93. The summed E-state index contributed by atoms with van der Waals surface area (Å²) in [5, 5.41) is 11.4. The maximum atomic E-state index is 12.3. The Hall–Kier alpha value is -2.49. The van der Waals surface area contributed by atoms with E-state index in [4.69, 9.17) is 4.74 Å². The zero-order valence-electron chi connectivity index (χ0n) is 20.6. The first-order chi connectivity index (χ1) is 18.1. The van der Waals surface area contributed by atoms with Crippen molar-refractivity contribution in [2.24, 2.45) is 0 Å². The van der Waals surface area contributed by atoms with E-state index >= 15 is 0 Å². The van der Waals surface area contributed by atoms with Crippen molar-refractivity contribution in [3.63, 3.8) is 0 Å². The standard InChI is InChI=1S/C24H29F3N4O5S2/c1-17-28-22-14-21(6-7-23(22)37-17)35-16-19(32)15-30-10-8-29(9-11-30)12-13-31(38(33)34)18-2-4-20(5-3-18)36-24(25,26)27/h2-7,14,19,32H,8-13,15-16H2,1H3,(H,33,34)/p-1. The molecule has 2 atom stereocenters. The monoisotopic (exact) mass is 573 g/mol. The quantitative estimate of drug-likeness (QED) is 0.349. The second kappa shape index (κ2) is 12.6. The number of ether oxygens (including phenoxy) is 2. The van der Waals surface area contributed by atoms with Crippen molar-refractivity contribution in [2.75, 3.05) is 56.7 Å². The largest absolute Gasteiger partial charge is 0.755 e. The van der Waals surface area contributed by atoms with E-state index in [0.717, 1.165) is 31.7 Å². The SMILES string of the molecule is Cc1nc2cc(OCC(O)CN3CCN(CCN(c4ccc(OC(F)(F)F)cc4)S(=O)[O-])CC3)ccc2s1. The fourth-order valence-electron chi connectivity index (χ4n) is 4.19. The maximum Gasteiger partial charge on any atom is 0.573 e. The Labute approximate surface area is 224 Å². The molecule has 0 spiro atoms. The van der Waals surface area contributed by atoms with Gasteiger partial charge in [-0.25, -0.2) is 4.98 Å². The zero-order valence-corrected chi connectivity index (χ0v) is 22.2.